The molecule has 1 aliphatic rings. The van der Waals surface area contributed by atoms with Crippen LogP contribution < -0.4 is 20.7 Å². The second kappa shape index (κ2) is 3.90. The molecule has 0 amide bonds. The molecule has 0 spiro atoms. The molecule has 0 aliphatic carbocycles. The number of hydrazine groups is 1. The largest absolute Gasteiger partial charge is 0.454 e. The number of aryl methyl sites for hydroxylation is 1. The van der Waals surface area contributed by atoms with Crippen molar-refractivity contribution in [2.45, 2.75) is 6.92 Å². The van der Waals surface area contributed by atoms with Crippen LogP contribution in [0.4, 0.5) is 5.13 Å². The lowest BCUT2D eigenvalue weighted by molar-refractivity contribution is 0.174. The lowest BCUT2D eigenvalue weighted by Gasteiger charge is -2.00. The van der Waals surface area contributed by atoms with E-state index in [9.17, 15) is 0 Å². The summed E-state index contributed by atoms with van der Waals surface area (Å²) in [5.41, 5.74) is 4.57. The number of nitrogen functional groups attached to an aromatic ring is 1. The first-order valence-corrected chi connectivity index (χ1v) is 5.93. The van der Waals surface area contributed by atoms with E-state index in [0.29, 0.717) is 5.13 Å². The summed E-state index contributed by atoms with van der Waals surface area (Å²) in [6, 6.07) is 5.86. The summed E-state index contributed by atoms with van der Waals surface area (Å²) in [5, 5.41) is 0.704. The monoisotopic (exact) mass is 249 g/mol. The zero-order valence-corrected chi connectivity index (χ0v) is 10.0. The molecule has 6 heteroatoms. The van der Waals surface area contributed by atoms with Crippen molar-refractivity contribution in [3.63, 3.8) is 0 Å². The first kappa shape index (κ1) is 10.4. The molecule has 0 fully saturated rings. The summed E-state index contributed by atoms with van der Waals surface area (Å²) in [6.45, 7) is 2.24. The van der Waals surface area contributed by atoms with Crippen molar-refractivity contribution in [2.75, 3.05) is 12.2 Å². The topological polar surface area (TPSA) is 69.4 Å². The van der Waals surface area contributed by atoms with Gasteiger partial charge >= 0.3 is 0 Å². The van der Waals surface area contributed by atoms with Crippen molar-refractivity contribution >= 4 is 16.5 Å². The highest BCUT2D eigenvalue weighted by atomic mass is 32.1. The number of nitrogens with zero attached hydrogens (tertiary/aromatic N) is 1. The van der Waals surface area contributed by atoms with Gasteiger partial charge in [-0.05, 0) is 30.7 Å². The molecule has 0 radical (unpaired) electrons. The second-order valence-electron chi connectivity index (χ2n) is 3.65. The number of rotatable bonds is 2. The molecule has 17 heavy (non-hydrogen) atoms. The van der Waals surface area contributed by atoms with Gasteiger partial charge in [-0.25, -0.2) is 10.8 Å². The molecule has 0 saturated heterocycles. The molecule has 5 nitrogen and oxygen atoms in total. The van der Waals surface area contributed by atoms with E-state index in [1.54, 1.807) is 0 Å². The normalized spacial score (nSPS) is 12.8. The Balaban J connectivity index is 2.06. The quantitative estimate of drug-likeness (QED) is 0.630. The molecule has 0 saturated carbocycles. The van der Waals surface area contributed by atoms with Crippen LogP contribution in [0.5, 0.6) is 11.5 Å². The molecule has 88 valence electrons. The molecular formula is C11H11N3O2S. The van der Waals surface area contributed by atoms with Crippen molar-refractivity contribution in [1.29, 1.82) is 0 Å². The molecular weight excluding hydrogens is 238 g/mol. The van der Waals surface area contributed by atoms with E-state index in [-0.39, 0.29) is 6.79 Å². The Bertz CT molecular complexity index is 568. The average molecular weight is 249 g/mol. The summed E-state index contributed by atoms with van der Waals surface area (Å²) in [5.74, 6) is 6.91. The molecule has 3 rings (SSSR count). The lowest BCUT2D eigenvalue weighted by Crippen LogP contribution is -2.05. The van der Waals surface area contributed by atoms with Crippen molar-refractivity contribution in [3.05, 3.63) is 23.9 Å². The van der Waals surface area contributed by atoms with Crippen molar-refractivity contribution in [1.82, 2.24) is 4.98 Å². The van der Waals surface area contributed by atoms with E-state index < -0.39 is 0 Å². The molecule has 3 N–H and O–H groups in total. The minimum Gasteiger partial charge on any atom is -0.454 e. The fourth-order valence-electron chi connectivity index (χ4n) is 1.76. The smallest absolute Gasteiger partial charge is 0.231 e. The van der Waals surface area contributed by atoms with Gasteiger partial charge in [0.2, 0.25) is 6.79 Å². The number of hydrogen-bond acceptors (Lipinski definition) is 6. The zero-order valence-electron chi connectivity index (χ0n) is 9.19. The SMILES string of the molecule is Cc1nc(NN)sc1-c1ccc2c(c1)OCO2. The van der Waals surface area contributed by atoms with Gasteiger partial charge in [-0.15, -0.1) is 0 Å². The van der Waals surface area contributed by atoms with Gasteiger partial charge in [-0.1, -0.05) is 11.3 Å². The van der Waals surface area contributed by atoms with E-state index in [0.717, 1.165) is 27.6 Å². The fourth-order valence-corrected chi connectivity index (χ4v) is 2.64. The molecule has 0 unspecified atom stereocenters. The number of benzene rings is 1. The Morgan fingerprint density at radius 3 is 2.94 bits per heavy atom. The number of nitrogens with one attached hydrogen (secondary N) is 1. The summed E-state index contributed by atoms with van der Waals surface area (Å²) in [7, 11) is 0. The van der Waals surface area contributed by atoms with Gasteiger partial charge in [-0.2, -0.15) is 0 Å². The maximum Gasteiger partial charge on any atom is 0.231 e. The van der Waals surface area contributed by atoms with Crippen LogP contribution in [0.25, 0.3) is 10.4 Å². The standard InChI is InChI=1S/C11H11N3O2S/c1-6-10(17-11(13-6)14-12)7-2-3-8-9(4-7)16-5-15-8/h2-4H,5,12H2,1H3,(H,13,14). The number of nitrogens with two attached hydrogens (primary N) is 1. The van der Waals surface area contributed by atoms with Crippen LogP contribution in [0, 0.1) is 6.92 Å². The van der Waals surface area contributed by atoms with Crippen LogP contribution >= 0.6 is 11.3 Å². The number of aromatic nitrogens is 1. The summed E-state index contributed by atoms with van der Waals surface area (Å²) < 4.78 is 10.6. The van der Waals surface area contributed by atoms with E-state index in [2.05, 4.69) is 10.4 Å². The van der Waals surface area contributed by atoms with Crippen LogP contribution in [0.3, 0.4) is 0 Å². The van der Waals surface area contributed by atoms with Gasteiger partial charge in [0, 0.05) is 0 Å². The summed E-state index contributed by atoms with van der Waals surface area (Å²) in [4.78, 5) is 5.39. The third-order valence-electron chi connectivity index (χ3n) is 2.55. The first-order valence-electron chi connectivity index (χ1n) is 5.12. The molecule has 1 aromatic heterocycles. The fraction of sp³-hybridized carbons (Fsp3) is 0.182. The van der Waals surface area contributed by atoms with Gasteiger partial charge in [0.05, 0.1) is 10.6 Å². The highest BCUT2D eigenvalue weighted by molar-refractivity contribution is 7.19. The third-order valence-corrected chi connectivity index (χ3v) is 3.69. The van der Waals surface area contributed by atoms with E-state index in [1.165, 1.54) is 11.3 Å². The van der Waals surface area contributed by atoms with Crippen LogP contribution in [-0.2, 0) is 0 Å². The molecule has 1 aliphatic heterocycles. The van der Waals surface area contributed by atoms with Gasteiger partial charge in [-0.3, -0.25) is 5.43 Å². The number of hydrogen-bond donors (Lipinski definition) is 2. The third kappa shape index (κ3) is 1.71. The van der Waals surface area contributed by atoms with Gasteiger partial charge in [0.25, 0.3) is 0 Å². The predicted octanol–water partition coefficient (Wildman–Crippen LogP) is 2.13. The Labute approximate surface area is 102 Å². The van der Waals surface area contributed by atoms with Crippen LogP contribution in [0.15, 0.2) is 18.2 Å². The van der Waals surface area contributed by atoms with Crippen LogP contribution in [0.2, 0.25) is 0 Å². The van der Waals surface area contributed by atoms with Crippen molar-refractivity contribution < 1.29 is 9.47 Å². The van der Waals surface area contributed by atoms with Gasteiger partial charge in [0.15, 0.2) is 16.6 Å². The van der Waals surface area contributed by atoms with Crippen molar-refractivity contribution in [2.24, 2.45) is 5.84 Å². The minimum absolute atomic E-state index is 0.288. The Kier molecular flexibility index (Phi) is 2.38. The van der Waals surface area contributed by atoms with Crippen LogP contribution in [0.1, 0.15) is 5.69 Å². The molecule has 1 aromatic carbocycles. The summed E-state index contributed by atoms with van der Waals surface area (Å²) in [6.07, 6.45) is 0. The maximum absolute atomic E-state index is 5.36. The predicted molar refractivity (Wildman–Crippen MR) is 66.2 cm³/mol. The first-order chi connectivity index (χ1) is 8.28. The number of anilines is 1. The van der Waals surface area contributed by atoms with E-state index >= 15 is 0 Å². The van der Waals surface area contributed by atoms with E-state index in [4.69, 9.17) is 15.3 Å². The Hall–Kier alpha value is -1.79. The second-order valence-corrected chi connectivity index (χ2v) is 4.65. The van der Waals surface area contributed by atoms with Gasteiger partial charge in [0.1, 0.15) is 0 Å². The molecule has 2 aromatic rings. The number of fused-ring (bicyclic) bond motifs is 1. The number of thiazole rings is 1. The average Bonchev–Trinajstić information content (AvgIpc) is 2.93. The Morgan fingerprint density at radius 2 is 2.18 bits per heavy atom. The minimum atomic E-state index is 0.288. The molecule has 0 bridgehead atoms. The van der Waals surface area contributed by atoms with Crippen molar-refractivity contribution in [3.8, 4) is 21.9 Å². The summed E-state index contributed by atoms with van der Waals surface area (Å²) >= 11 is 1.51. The van der Waals surface area contributed by atoms with Gasteiger partial charge < -0.3 is 9.47 Å². The lowest BCUT2D eigenvalue weighted by atomic mass is 10.1. The van der Waals surface area contributed by atoms with Crippen LogP contribution in [-0.4, -0.2) is 11.8 Å². The number of ether oxygens (including phenoxy) is 2. The Morgan fingerprint density at radius 1 is 1.35 bits per heavy atom. The molecule has 0 atom stereocenters. The highest BCUT2D eigenvalue weighted by Gasteiger charge is 2.16. The molecule has 2 heterocycles. The zero-order chi connectivity index (χ0) is 11.8. The van der Waals surface area contributed by atoms with E-state index in [1.807, 2.05) is 25.1 Å². The maximum atomic E-state index is 5.36. The highest BCUT2D eigenvalue weighted by Crippen LogP contribution is 2.39.